The van der Waals surface area contributed by atoms with Crippen molar-refractivity contribution in [2.24, 2.45) is 11.8 Å². The first-order valence-corrected chi connectivity index (χ1v) is 6.15. The highest BCUT2D eigenvalue weighted by Crippen LogP contribution is 2.25. The Bertz CT molecular complexity index is 456. The maximum Gasteiger partial charge on any atom is 0.354 e. The normalized spacial score (nSPS) is 22.7. The van der Waals surface area contributed by atoms with Gasteiger partial charge in [-0.1, -0.05) is 25.1 Å². The Kier molecular flexibility index (Phi) is 3.97. The number of carbonyl (C=O) groups is 1. The number of carboxylic acid groups (broad SMARTS) is 1. The third-order valence-corrected chi connectivity index (χ3v) is 3.31. The second-order valence-corrected chi connectivity index (χ2v) is 4.66. The Labute approximate surface area is 106 Å². The van der Waals surface area contributed by atoms with Gasteiger partial charge in [0.1, 0.15) is 0 Å². The van der Waals surface area contributed by atoms with Crippen LogP contribution >= 0.6 is 0 Å². The minimum Gasteiger partial charge on any atom is -0.477 e. The van der Waals surface area contributed by atoms with E-state index in [-0.39, 0.29) is 5.69 Å². The predicted molar refractivity (Wildman–Crippen MR) is 67.7 cm³/mol. The van der Waals surface area contributed by atoms with Gasteiger partial charge in [0.05, 0.1) is 6.61 Å². The SMILES string of the molecule is CC1CC=CCC1COc1cccc(C(=O)O)n1. The molecule has 0 aromatic carbocycles. The van der Waals surface area contributed by atoms with Crippen LogP contribution in [0.15, 0.2) is 30.4 Å². The Balaban J connectivity index is 1.95. The van der Waals surface area contributed by atoms with Gasteiger partial charge < -0.3 is 9.84 Å². The first kappa shape index (κ1) is 12.6. The van der Waals surface area contributed by atoms with E-state index < -0.39 is 5.97 Å². The average molecular weight is 247 g/mol. The lowest BCUT2D eigenvalue weighted by molar-refractivity contribution is 0.0688. The van der Waals surface area contributed by atoms with Crippen LogP contribution in [0.1, 0.15) is 30.3 Å². The first-order chi connectivity index (χ1) is 8.66. The molecule has 2 atom stereocenters. The second kappa shape index (κ2) is 5.67. The minimum atomic E-state index is -1.03. The smallest absolute Gasteiger partial charge is 0.354 e. The van der Waals surface area contributed by atoms with E-state index in [2.05, 4.69) is 24.1 Å². The van der Waals surface area contributed by atoms with Crippen molar-refractivity contribution in [2.75, 3.05) is 6.61 Å². The van der Waals surface area contributed by atoms with Crippen LogP contribution in [0.25, 0.3) is 0 Å². The highest BCUT2D eigenvalue weighted by atomic mass is 16.5. The Morgan fingerprint density at radius 2 is 2.22 bits per heavy atom. The van der Waals surface area contributed by atoms with Crippen LogP contribution < -0.4 is 4.74 Å². The summed E-state index contributed by atoms with van der Waals surface area (Å²) in [5.74, 6) is 0.425. The zero-order chi connectivity index (χ0) is 13.0. The molecule has 1 aromatic heterocycles. The topological polar surface area (TPSA) is 59.4 Å². The lowest BCUT2D eigenvalue weighted by Crippen LogP contribution is -2.21. The van der Waals surface area contributed by atoms with E-state index in [4.69, 9.17) is 9.84 Å². The molecule has 0 radical (unpaired) electrons. The third kappa shape index (κ3) is 3.09. The molecular formula is C14H17NO3. The summed E-state index contributed by atoms with van der Waals surface area (Å²) in [7, 11) is 0. The van der Waals surface area contributed by atoms with Crippen LogP contribution in [0.3, 0.4) is 0 Å². The number of pyridine rings is 1. The van der Waals surface area contributed by atoms with Crippen LogP contribution in [0.4, 0.5) is 0 Å². The molecular weight excluding hydrogens is 230 g/mol. The minimum absolute atomic E-state index is 0.0177. The highest BCUT2D eigenvalue weighted by Gasteiger charge is 2.19. The van der Waals surface area contributed by atoms with Gasteiger partial charge in [0.25, 0.3) is 0 Å². The number of carboxylic acids is 1. The summed E-state index contributed by atoms with van der Waals surface area (Å²) in [6.45, 7) is 2.79. The molecule has 2 unspecified atom stereocenters. The molecule has 0 spiro atoms. The van der Waals surface area contributed by atoms with E-state index in [9.17, 15) is 4.79 Å². The molecule has 96 valence electrons. The zero-order valence-electron chi connectivity index (χ0n) is 10.4. The molecule has 1 N–H and O–H groups in total. The molecule has 0 bridgehead atoms. The van der Waals surface area contributed by atoms with Crippen LogP contribution in [0, 0.1) is 11.8 Å². The molecule has 4 nitrogen and oxygen atoms in total. The van der Waals surface area contributed by atoms with E-state index in [1.807, 2.05) is 0 Å². The Morgan fingerprint density at radius 1 is 1.44 bits per heavy atom. The summed E-state index contributed by atoms with van der Waals surface area (Å²) in [6.07, 6.45) is 6.47. The van der Waals surface area contributed by atoms with E-state index in [0.29, 0.717) is 24.3 Å². The third-order valence-electron chi connectivity index (χ3n) is 3.31. The molecule has 2 rings (SSSR count). The van der Waals surface area contributed by atoms with Gasteiger partial charge in [0, 0.05) is 6.07 Å². The number of aromatic carboxylic acids is 1. The Morgan fingerprint density at radius 3 is 2.94 bits per heavy atom. The molecule has 0 saturated heterocycles. The predicted octanol–water partition coefficient (Wildman–Crippen LogP) is 2.76. The van der Waals surface area contributed by atoms with Crippen LogP contribution in [-0.4, -0.2) is 22.7 Å². The summed E-state index contributed by atoms with van der Waals surface area (Å²) in [6, 6.07) is 4.80. The van der Waals surface area contributed by atoms with Crippen molar-refractivity contribution in [1.29, 1.82) is 0 Å². The van der Waals surface area contributed by atoms with Gasteiger partial charge in [-0.15, -0.1) is 0 Å². The standard InChI is InChI=1S/C14H17NO3/c1-10-5-2-3-6-11(10)9-18-13-8-4-7-12(15-13)14(16)17/h2-4,7-8,10-11H,5-6,9H2,1H3,(H,16,17). The molecule has 1 aromatic rings. The van der Waals surface area contributed by atoms with Crippen molar-refractivity contribution >= 4 is 5.97 Å². The van der Waals surface area contributed by atoms with Gasteiger partial charge in [-0.25, -0.2) is 9.78 Å². The molecule has 1 aliphatic rings. The van der Waals surface area contributed by atoms with Gasteiger partial charge in [0.2, 0.25) is 5.88 Å². The summed E-state index contributed by atoms with van der Waals surface area (Å²) in [5, 5.41) is 8.84. The van der Waals surface area contributed by atoms with E-state index in [0.717, 1.165) is 12.8 Å². The number of rotatable bonds is 4. The molecule has 0 fully saturated rings. The van der Waals surface area contributed by atoms with E-state index >= 15 is 0 Å². The lowest BCUT2D eigenvalue weighted by Gasteiger charge is -2.24. The average Bonchev–Trinajstić information content (AvgIpc) is 2.38. The fourth-order valence-corrected chi connectivity index (χ4v) is 2.05. The number of nitrogens with zero attached hydrogens (tertiary/aromatic N) is 1. The number of aromatic nitrogens is 1. The van der Waals surface area contributed by atoms with Gasteiger partial charge >= 0.3 is 5.97 Å². The van der Waals surface area contributed by atoms with Gasteiger partial charge in [-0.3, -0.25) is 0 Å². The molecule has 18 heavy (non-hydrogen) atoms. The molecule has 4 heteroatoms. The lowest BCUT2D eigenvalue weighted by atomic mass is 9.85. The maximum atomic E-state index is 10.8. The van der Waals surface area contributed by atoms with Crippen molar-refractivity contribution in [3.63, 3.8) is 0 Å². The highest BCUT2D eigenvalue weighted by molar-refractivity contribution is 5.85. The van der Waals surface area contributed by atoms with Crippen molar-refractivity contribution in [2.45, 2.75) is 19.8 Å². The van der Waals surface area contributed by atoms with E-state index in [1.165, 1.54) is 6.07 Å². The van der Waals surface area contributed by atoms with Crippen molar-refractivity contribution in [3.05, 3.63) is 36.0 Å². The molecule has 0 aliphatic heterocycles. The van der Waals surface area contributed by atoms with Gasteiger partial charge in [-0.05, 0) is 30.7 Å². The summed E-state index contributed by atoms with van der Waals surface area (Å²) in [5.41, 5.74) is 0.0177. The summed E-state index contributed by atoms with van der Waals surface area (Å²) >= 11 is 0. The Hall–Kier alpha value is -1.84. The molecule has 1 aliphatic carbocycles. The fraction of sp³-hybridized carbons (Fsp3) is 0.429. The van der Waals surface area contributed by atoms with Gasteiger partial charge in [0.15, 0.2) is 5.69 Å². The fourth-order valence-electron chi connectivity index (χ4n) is 2.05. The van der Waals surface area contributed by atoms with Gasteiger partial charge in [-0.2, -0.15) is 0 Å². The number of allylic oxidation sites excluding steroid dienone is 2. The first-order valence-electron chi connectivity index (χ1n) is 6.15. The monoisotopic (exact) mass is 247 g/mol. The van der Waals surface area contributed by atoms with Crippen molar-refractivity contribution in [3.8, 4) is 5.88 Å². The zero-order valence-corrected chi connectivity index (χ0v) is 10.4. The number of hydrogen-bond donors (Lipinski definition) is 1. The summed E-state index contributed by atoms with van der Waals surface area (Å²) in [4.78, 5) is 14.7. The van der Waals surface area contributed by atoms with Crippen LogP contribution in [-0.2, 0) is 0 Å². The second-order valence-electron chi connectivity index (χ2n) is 4.66. The quantitative estimate of drug-likeness (QED) is 0.831. The van der Waals surface area contributed by atoms with Crippen LogP contribution in [0.5, 0.6) is 5.88 Å². The largest absolute Gasteiger partial charge is 0.477 e. The van der Waals surface area contributed by atoms with E-state index in [1.54, 1.807) is 12.1 Å². The van der Waals surface area contributed by atoms with Crippen molar-refractivity contribution < 1.29 is 14.6 Å². The number of hydrogen-bond acceptors (Lipinski definition) is 3. The number of ether oxygens (including phenoxy) is 1. The molecule has 0 amide bonds. The maximum absolute atomic E-state index is 10.8. The van der Waals surface area contributed by atoms with Crippen molar-refractivity contribution in [1.82, 2.24) is 4.98 Å². The molecule has 1 heterocycles. The van der Waals surface area contributed by atoms with Crippen LogP contribution in [0.2, 0.25) is 0 Å². The molecule has 0 saturated carbocycles. The summed E-state index contributed by atoms with van der Waals surface area (Å²) < 4.78 is 5.60.